The van der Waals surface area contributed by atoms with E-state index in [2.05, 4.69) is 5.32 Å². The third-order valence-electron chi connectivity index (χ3n) is 6.71. The molecule has 4 rings (SSSR count). The minimum Gasteiger partial charge on any atom is -0.506 e. The van der Waals surface area contributed by atoms with Crippen LogP contribution in [0.1, 0.15) is 57.8 Å². The topological polar surface area (TPSA) is 131 Å². The van der Waals surface area contributed by atoms with Crippen molar-refractivity contribution < 1.29 is 38.8 Å². The van der Waals surface area contributed by atoms with Crippen molar-refractivity contribution in [2.75, 3.05) is 13.1 Å². The number of carbonyl (C=O) groups excluding carboxylic acids is 3. The molecule has 0 amide bonds. The van der Waals surface area contributed by atoms with Crippen molar-refractivity contribution in [3.8, 4) is 23.0 Å². The Morgan fingerprint density at radius 2 is 1.19 bits per heavy atom. The van der Waals surface area contributed by atoms with Crippen LogP contribution in [0.15, 0.2) is 42.5 Å². The van der Waals surface area contributed by atoms with E-state index in [4.69, 9.17) is 14.2 Å². The molecule has 1 heterocycles. The molecule has 0 saturated carbocycles. The summed E-state index contributed by atoms with van der Waals surface area (Å²) < 4.78 is 19.4. The molecule has 0 aromatic heterocycles. The maximum atomic E-state index is 13.4. The van der Waals surface area contributed by atoms with E-state index in [1.54, 1.807) is 12.1 Å². The number of hydrogen-bond donors (Lipinski definition) is 3. The zero-order valence-electron chi connectivity index (χ0n) is 22.3. The second-order valence-electron chi connectivity index (χ2n) is 10.1. The molecule has 1 aliphatic rings. The minimum atomic E-state index is -0.869. The summed E-state index contributed by atoms with van der Waals surface area (Å²) in [5.41, 5.74) is -0.922. The van der Waals surface area contributed by atoms with Gasteiger partial charge in [-0.2, -0.15) is 0 Å². The average Bonchev–Trinajstić information content (AvgIpc) is 2.92. The highest BCUT2D eigenvalue weighted by Crippen LogP contribution is 2.34. The lowest BCUT2D eigenvalue weighted by molar-refractivity contribution is -0.0369. The molecule has 0 spiro atoms. The first-order valence-electron chi connectivity index (χ1n) is 12.6. The maximum Gasteiger partial charge on any atom is 0.347 e. The molecule has 1 saturated heterocycles. The first kappa shape index (κ1) is 33.4. The highest BCUT2D eigenvalue weighted by molar-refractivity contribution is 14.1. The van der Waals surface area contributed by atoms with E-state index in [9.17, 15) is 24.6 Å². The number of phenols is 2. The summed E-state index contributed by atoms with van der Waals surface area (Å²) in [7, 11) is 0. The van der Waals surface area contributed by atoms with Crippen LogP contribution in [-0.4, -0.2) is 46.8 Å². The van der Waals surface area contributed by atoms with Gasteiger partial charge in [0, 0.05) is 19.1 Å². The highest BCUT2D eigenvalue weighted by Gasteiger charge is 2.35. The van der Waals surface area contributed by atoms with Crippen LogP contribution in [0.4, 0.5) is 0 Å². The number of rotatable bonds is 7. The van der Waals surface area contributed by atoms with E-state index >= 15 is 0 Å². The number of benzene rings is 3. The molecule has 0 unspecified atom stereocenters. The second-order valence-corrected chi connectivity index (χ2v) is 14.9. The van der Waals surface area contributed by atoms with Crippen molar-refractivity contribution in [1.82, 2.24) is 5.32 Å². The van der Waals surface area contributed by atoms with Crippen LogP contribution in [0.2, 0.25) is 0 Å². The summed E-state index contributed by atoms with van der Waals surface area (Å²) in [5.74, 6) is -2.98. The second kappa shape index (κ2) is 14.1. The SMILES string of the molecule is CC(C)(OC(=O)c1cc(OC(=O)c2cc(I)cc(I)c2O)cc(OC(=O)c2cc(I)cc(I)c2O)c1)C1CCNCC1. The van der Waals surface area contributed by atoms with Crippen molar-refractivity contribution in [2.45, 2.75) is 32.3 Å². The first-order chi connectivity index (χ1) is 19.7. The molecule has 13 heteroatoms. The summed E-state index contributed by atoms with van der Waals surface area (Å²) in [6, 6.07) is 10.3. The number of piperidine rings is 1. The van der Waals surface area contributed by atoms with Crippen LogP contribution >= 0.6 is 90.4 Å². The summed E-state index contributed by atoms with van der Waals surface area (Å²) in [4.78, 5) is 39.6. The lowest BCUT2D eigenvalue weighted by Crippen LogP contribution is -2.42. The van der Waals surface area contributed by atoms with Gasteiger partial charge in [0.15, 0.2) is 0 Å². The lowest BCUT2D eigenvalue weighted by Gasteiger charge is -2.36. The van der Waals surface area contributed by atoms with Gasteiger partial charge in [0.05, 0.1) is 12.7 Å². The van der Waals surface area contributed by atoms with E-state index < -0.39 is 23.5 Å². The fraction of sp³-hybridized carbons (Fsp3) is 0.276. The zero-order valence-corrected chi connectivity index (χ0v) is 30.9. The minimum absolute atomic E-state index is 0.00648. The molecule has 3 N–H and O–H groups in total. The van der Waals surface area contributed by atoms with Crippen LogP contribution in [0.25, 0.3) is 0 Å². The van der Waals surface area contributed by atoms with Crippen molar-refractivity contribution in [2.24, 2.45) is 5.92 Å². The fourth-order valence-corrected chi connectivity index (χ4v) is 8.16. The lowest BCUT2D eigenvalue weighted by atomic mass is 9.83. The molecule has 0 aliphatic carbocycles. The molecule has 0 radical (unpaired) electrons. The predicted molar refractivity (Wildman–Crippen MR) is 189 cm³/mol. The monoisotopic (exact) mass is 1020 g/mol. The van der Waals surface area contributed by atoms with Crippen molar-refractivity contribution in [1.29, 1.82) is 0 Å². The third-order valence-corrected chi connectivity index (χ3v) is 9.60. The van der Waals surface area contributed by atoms with Gasteiger partial charge < -0.3 is 29.7 Å². The van der Waals surface area contributed by atoms with Gasteiger partial charge in [-0.3, -0.25) is 0 Å². The van der Waals surface area contributed by atoms with E-state index in [-0.39, 0.29) is 45.6 Å². The van der Waals surface area contributed by atoms with Crippen LogP contribution in [0.5, 0.6) is 23.0 Å². The number of halogens is 4. The van der Waals surface area contributed by atoms with Crippen molar-refractivity contribution in [3.63, 3.8) is 0 Å². The standard InChI is InChI=1S/C29H25I4NO8/c1-29(2,15-3-5-34-6-4-15)42-26(37)14-7-18(40-27(38)20-9-16(30)11-22(32)24(20)35)13-19(8-14)41-28(39)21-10-17(31)12-23(33)25(21)36/h7-13,15,34-36H,3-6H2,1-2H3. The van der Waals surface area contributed by atoms with Crippen molar-refractivity contribution >= 4 is 108 Å². The Morgan fingerprint density at radius 3 is 1.64 bits per heavy atom. The first-order valence-corrected chi connectivity index (χ1v) is 17.0. The van der Waals surface area contributed by atoms with E-state index in [0.717, 1.165) is 25.9 Å². The number of ether oxygens (including phenoxy) is 3. The third kappa shape index (κ3) is 8.17. The van der Waals surface area contributed by atoms with Gasteiger partial charge in [0.2, 0.25) is 0 Å². The molecule has 0 atom stereocenters. The van der Waals surface area contributed by atoms with Crippen LogP contribution in [0, 0.1) is 20.2 Å². The van der Waals surface area contributed by atoms with Gasteiger partial charge in [0.1, 0.15) is 39.7 Å². The average molecular weight is 1020 g/mol. The number of hydrogen-bond acceptors (Lipinski definition) is 9. The smallest absolute Gasteiger partial charge is 0.347 e. The van der Waals surface area contributed by atoms with Gasteiger partial charge in [-0.25, -0.2) is 14.4 Å². The molecule has 3 aromatic carbocycles. The molecule has 222 valence electrons. The largest absolute Gasteiger partial charge is 0.506 e. The maximum absolute atomic E-state index is 13.4. The fourth-order valence-electron chi connectivity index (χ4n) is 4.47. The summed E-state index contributed by atoms with van der Waals surface area (Å²) >= 11 is 7.86. The quantitative estimate of drug-likeness (QED) is 0.132. The Labute approximate surface area is 297 Å². The zero-order chi connectivity index (χ0) is 30.8. The number of phenolic OH excluding ortho intramolecular Hbond substituents is 2. The van der Waals surface area contributed by atoms with Gasteiger partial charge in [-0.05, 0) is 167 Å². The van der Waals surface area contributed by atoms with E-state index in [1.807, 2.05) is 104 Å². The molecule has 42 heavy (non-hydrogen) atoms. The Kier molecular flexibility index (Phi) is 11.2. The number of carbonyl (C=O) groups is 3. The van der Waals surface area contributed by atoms with E-state index in [1.165, 1.54) is 30.3 Å². The summed E-state index contributed by atoms with van der Waals surface area (Å²) in [6.07, 6.45) is 1.69. The normalized spacial score (nSPS) is 13.9. The number of aromatic hydroxyl groups is 2. The number of nitrogens with one attached hydrogen (secondary N) is 1. The summed E-state index contributed by atoms with van der Waals surface area (Å²) in [6.45, 7) is 5.36. The molecule has 9 nitrogen and oxygen atoms in total. The van der Waals surface area contributed by atoms with Crippen molar-refractivity contribution in [3.05, 3.63) is 73.4 Å². The van der Waals surface area contributed by atoms with Crippen LogP contribution in [-0.2, 0) is 4.74 Å². The molecular weight excluding hydrogens is 998 g/mol. The predicted octanol–water partition coefficient (Wildman–Crippen LogP) is 6.89. The summed E-state index contributed by atoms with van der Waals surface area (Å²) in [5, 5.41) is 24.2. The van der Waals surface area contributed by atoms with E-state index in [0.29, 0.717) is 14.3 Å². The Morgan fingerprint density at radius 1 is 0.738 bits per heavy atom. The Hall–Kier alpha value is -1.45. The van der Waals surface area contributed by atoms with Crippen LogP contribution in [0.3, 0.4) is 0 Å². The molecule has 0 bridgehead atoms. The van der Waals surface area contributed by atoms with Gasteiger partial charge >= 0.3 is 17.9 Å². The highest BCUT2D eigenvalue weighted by atomic mass is 127. The van der Waals surface area contributed by atoms with Crippen LogP contribution < -0.4 is 14.8 Å². The molecular formula is C29H25I4NO8. The van der Waals surface area contributed by atoms with Gasteiger partial charge in [-0.15, -0.1) is 0 Å². The van der Waals surface area contributed by atoms with Gasteiger partial charge in [-0.1, -0.05) is 0 Å². The Balaban J connectivity index is 1.68. The molecule has 1 fully saturated rings. The molecule has 1 aliphatic heterocycles. The Bertz CT molecular complexity index is 1460. The molecule has 3 aromatic rings. The van der Waals surface area contributed by atoms with Gasteiger partial charge in [0.25, 0.3) is 0 Å². The number of esters is 3.